The molecule has 0 aliphatic carbocycles. The van der Waals surface area contributed by atoms with Crippen LogP contribution in [0.2, 0.25) is 0 Å². The molecule has 4 nitrogen and oxygen atoms in total. The van der Waals surface area contributed by atoms with Crippen molar-refractivity contribution in [3.05, 3.63) is 33.9 Å². The van der Waals surface area contributed by atoms with Gasteiger partial charge in [0, 0.05) is 22.1 Å². The van der Waals surface area contributed by atoms with Crippen molar-refractivity contribution in [3.63, 3.8) is 0 Å². The maximum atomic E-state index is 11.7. The first-order valence-electron chi connectivity index (χ1n) is 6.89. The number of carbonyl (C=O) groups excluding carboxylic acids is 2. The van der Waals surface area contributed by atoms with E-state index in [9.17, 15) is 13.8 Å². The second-order valence-corrected chi connectivity index (χ2v) is 6.82. The number of Topliss-reactive ketones (excluding diaryl/α,β-unsaturated/α-hetero) is 1. The summed E-state index contributed by atoms with van der Waals surface area (Å²) in [5.41, 5.74) is 4.30. The molecule has 116 valence electrons. The Morgan fingerprint density at radius 1 is 1.19 bits per heavy atom. The van der Waals surface area contributed by atoms with Crippen molar-refractivity contribution in [3.8, 4) is 0 Å². The minimum atomic E-state index is -1.17. The maximum Gasteiger partial charge on any atom is 0.318 e. The molecule has 0 radical (unpaired) electrons. The molecule has 0 heterocycles. The van der Waals surface area contributed by atoms with Crippen LogP contribution < -0.4 is 0 Å². The fourth-order valence-corrected chi connectivity index (χ4v) is 2.97. The van der Waals surface area contributed by atoms with Crippen molar-refractivity contribution in [2.45, 2.75) is 41.2 Å². The van der Waals surface area contributed by atoms with Gasteiger partial charge in [-0.05, 0) is 49.9 Å². The molecule has 0 bridgehead atoms. The summed E-state index contributed by atoms with van der Waals surface area (Å²) in [5, 5.41) is 0. The van der Waals surface area contributed by atoms with Gasteiger partial charge in [-0.3, -0.25) is 13.8 Å². The number of hydrogen-bond acceptors (Lipinski definition) is 4. The highest BCUT2D eigenvalue weighted by molar-refractivity contribution is 7.85. The van der Waals surface area contributed by atoms with Crippen LogP contribution in [0.3, 0.4) is 0 Å². The van der Waals surface area contributed by atoms with E-state index in [1.165, 1.54) is 6.92 Å². The van der Waals surface area contributed by atoms with Crippen molar-refractivity contribution in [1.82, 2.24) is 0 Å². The maximum absolute atomic E-state index is 11.7. The molecule has 1 aromatic rings. The Hall–Kier alpha value is -1.49. The van der Waals surface area contributed by atoms with Crippen LogP contribution in [-0.2, 0) is 26.9 Å². The predicted molar refractivity (Wildman–Crippen MR) is 84.0 cm³/mol. The van der Waals surface area contributed by atoms with Gasteiger partial charge in [0.25, 0.3) is 0 Å². The average molecular weight is 310 g/mol. The monoisotopic (exact) mass is 310 g/mol. The van der Waals surface area contributed by atoms with Crippen molar-refractivity contribution in [1.29, 1.82) is 0 Å². The number of hydrogen-bond donors (Lipinski definition) is 0. The van der Waals surface area contributed by atoms with Crippen LogP contribution in [0.25, 0.3) is 0 Å². The molecule has 1 rings (SSSR count). The Labute approximate surface area is 128 Å². The third-order valence-corrected chi connectivity index (χ3v) is 4.66. The van der Waals surface area contributed by atoms with Crippen LogP contribution in [-0.4, -0.2) is 27.5 Å². The van der Waals surface area contributed by atoms with Gasteiger partial charge < -0.3 is 4.74 Å². The van der Waals surface area contributed by atoms with E-state index >= 15 is 0 Å². The average Bonchev–Trinajstić information content (AvgIpc) is 2.37. The van der Waals surface area contributed by atoms with Gasteiger partial charge in [-0.2, -0.15) is 0 Å². The highest BCUT2D eigenvalue weighted by Gasteiger charge is 2.16. The number of rotatable bonds is 6. The zero-order valence-electron chi connectivity index (χ0n) is 13.2. The van der Waals surface area contributed by atoms with Gasteiger partial charge >= 0.3 is 5.97 Å². The summed E-state index contributed by atoms with van der Waals surface area (Å²) in [6, 6.07) is 1.93. The van der Waals surface area contributed by atoms with E-state index in [0.717, 1.165) is 22.3 Å². The van der Waals surface area contributed by atoms with Gasteiger partial charge in [0.05, 0.1) is 0 Å². The Morgan fingerprint density at radius 3 is 2.33 bits per heavy atom. The molecule has 1 unspecified atom stereocenters. The smallest absolute Gasteiger partial charge is 0.318 e. The van der Waals surface area contributed by atoms with E-state index in [-0.39, 0.29) is 18.1 Å². The molecule has 0 aliphatic rings. The van der Waals surface area contributed by atoms with Crippen molar-refractivity contribution >= 4 is 22.6 Å². The first-order valence-corrected chi connectivity index (χ1v) is 8.37. The van der Waals surface area contributed by atoms with Gasteiger partial charge in [0.1, 0.15) is 12.4 Å². The highest BCUT2D eigenvalue weighted by atomic mass is 32.2. The van der Waals surface area contributed by atoms with Crippen LogP contribution in [0.4, 0.5) is 0 Å². The summed E-state index contributed by atoms with van der Waals surface area (Å²) in [4.78, 5) is 23.3. The normalized spacial score (nSPS) is 12.0. The molecule has 0 N–H and O–H groups in total. The van der Waals surface area contributed by atoms with Crippen LogP contribution in [0.15, 0.2) is 6.07 Å². The van der Waals surface area contributed by atoms with E-state index < -0.39 is 16.8 Å². The zero-order valence-corrected chi connectivity index (χ0v) is 14.1. The third kappa shape index (κ3) is 4.49. The van der Waals surface area contributed by atoms with Gasteiger partial charge in [-0.1, -0.05) is 13.0 Å². The summed E-state index contributed by atoms with van der Waals surface area (Å²) >= 11 is 0. The summed E-state index contributed by atoms with van der Waals surface area (Å²) in [7, 11) is -1.17. The minimum absolute atomic E-state index is 0.00432. The van der Waals surface area contributed by atoms with Crippen LogP contribution >= 0.6 is 0 Å². The van der Waals surface area contributed by atoms with Crippen molar-refractivity contribution in [2.75, 3.05) is 11.5 Å². The van der Waals surface area contributed by atoms with Crippen molar-refractivity contribution in [2.24, 2.45) is 0 Å². The minimum Gasteiger partial charge on any atom is -0.460 e. The van der Waals surface area contributed by atoms with E-state index in [1.807, 2.05) is 26.8 Å². The van der Waals surface area contributed by atoms with Gasteiger partial charge in [-0.25, -0.2) is 0 Å². The van der Waals surface area contributed by atoms with E-state index in [1.54, 1.807) is 6.92 Å². The Bertz CT molecular complexity index is 590. The predicted octanol–water partition coefficient (Wildman–Crippen LogP) is 2.63. The number of ether oxygens (including phenoxy) is 1. The number of aryl methyl sites for hydroxylation is 2. The van der Waals surface area contributed by atoms with Gasteiger partial charge in [0.2, 0.25) is 0 Å². The quantitative estimate of drug-likeness (QED) is 0.598. The molecule has 1 atom stereocenters. The molecule has 0 aromatic heterocycles. The molecule has 21 heavy (non-hydrogen) atoms. The number of esters is 1. The molecule has 0 spiro atoms. The number of carbonyl (C=O) groups is 2. The van der Waals surface area contributed by atoms with E-state index in [0.29, 0.717) is 11.3 Å². The fourth-order valence-electron chi connectivity index (χ4n) is 2.42. The standard InChI is InChI=1S/C16H22O4S/c1-6-21(19)9-15(18)20-8-14-10(2)7-11(3)16(12(14)4)13(5)17/h7H,6,8-9H2,1-5H3. The Kier molecular flexibility index (Phi) is 6.27. The summed E-state index contributed by atoms with van der Waals surface area (Å²) in [5.74, 6) is -0.116. The van der Waals surface area contributed by atoms with Gasteiger partial charge in [0.15, 0.2) is 5.78 Å². The molecule has 0 fully saturated rings. The van der Waals surface area contributed by atoms with Crippen molar-refractivity contribution < 1.29 is 18.5 Å². The molecule has 1 aromatic carbocycles. The van der Waals surface area contributed by atoms with E-state index in [2.05, 4.69) is 0 Å². The highest BCUT2D eigenvalue weighted by Crippen LogP contribution is 2.23. The third-order valence-electron chi connectivity index (χ3n) is 3.46. The lowest BCUT2D eigenvalue weighted by molar-refractivity contribution is -0.141. The second-order valence-electron chi connectivity index (χ2n) is 5.08. The summed E-state index contributed by atoms with van der Waals surface area (Å²) in [6.45, 7) is 9.10. The zero-order chi connectivity index (χ0) is 16.2. The molecule has 0 saturated carbocycles. The van der Waals surface area contributed by atoms with Gasteiger partial charge in [-0.15, -0.1) is 0 Å². The van der Waals surface area contributed by atoms with Crippen LogP contribution in [0.1, 0.15) is 46.5 Å². The number of ketones is 1. The molecular formula is C16H22O4S. The Morgan fingerprint density at radius 2 is 1.81 bits per heavy atom. The van der Waals surface area contributed by atoms with E-state index in [4.69, 9.17) is 4.74 Å². The molecule has 0 saturated heterocycles. The number of benzene rings is 1. The first kappa shape index (κ1) is 17.6. The second kappa shape index (κ2) is 7.50. The van der Waals surface area contributed by atoms with Crippen LogP contribution in [0.5, 0.6) is 0 Å². The Balaban J connectivity index is 2.94. The summed E-state index contributed by atoms with van der Waals surface area (Å²) in [6.07, 6.45) is 0. The molecular weight excluding hydrogens is 288 g/mol. The summed E-state index contributed by atoms with van der Waals surface area (Å²) < 4.78 is 16.5. The molecule has 0 amide bonds. The SMILES string of the molecule is CCS(=O)CC(=O)OCc1c(C)cc(C)c(C(C)=O)c1C. The topological polar surface area (TPSA) is 60.4 Å². The lowest BCUT2D eigenvalue weighted by atomic mass is 9.92. The lowest BCUT2D eigenvalue weighted by Gasteiger charge is -2.16. The fraction of sp³-hybridized carbons (Fsp3) is 0.500. The van der Waals surface area contributed by atoms with Crippen LogP contribution in [0, 0.1) is 20.8 Å². The first-order chi connectivity index (χ1) is 9.77. The largest absolute Gasteiger partial charge is 0.460 e. The lowest BCUT2D eigenvalue weighted by Crippen LogP contribution is -2.16. The molecule has 5 heteroatoms. The molecule has 0 aliphatic heterocycles.